The second-order valence-corrected chi connectivity index (χ2v) is 11.1. The Bertz CT molecular complexity index is 1360. The van der Waals surface area contributed by atoms with Crippen molar-refractivity contribution in [2.24, 2.45) is 5.92 Å². The maximum absolute atomic E-state index is 6.43. The van der Waals surface area contributed by atoms with Crippen LogP contribution in [0.5, 0.6) is 5.75 Å². The van der Waals surface area contributed by atoms with Crippen LogP contribution >= 0.6 is 0 Å². The fourth-order valence-electron chi connectivity index (χ4n) is 6.22. The van der Waals surface area contributed by atoms with Crippen LogP contribution in [0, 0.1) is 5.92 Å². The van der Waals surface area contributed by atoms with E-state index < -0.39 is 0 Å². The van der Waals surface area contributed by atoms with E-state index in [1.807, 2.05) is 36.5 Å². The van der Waals surface area contributed by atoms with Gasteiger partial charge in [-0.25, -0.2) is 9.97 Å². The summed E-state index contributed by atoms with van der Waals surface area (Å²) in [7, 11) is 0. The number of fused-ring (bicyclic) bond motifs is 1. The number of nitrogens with two attached hydrogens (primary N) is 1. The van der Waals surface area contributed by atoms with Crippen molar-refractivity contribution < 1.29 is 4.74 Å². The molecule has 1 saturated carbocycles. The molecule has 39 heavy (non-hydrogen) atoms. The van der Waals surface area contributed by atoms with Gasteiger partial charge in [-0.3, -0.25) is 4.40 Å². The number of aromatic nitrogens is 3. The Balaban J connectivity index is 1.14. The Morgan fingerprint density at radius 3 is 2.62 bits per heavy atom. The molecule has 1 saturated heterocycles. The van der Waals surface area contributed by atoms with E-state index in [2.05, 4.69) is 43.9 Å². The SMILES string of the molecule is Nc1nccn2c(C3CCC(CNCCN4CCCC4)CC3)nc(-c3cccc(OCc4ccccc4)c3)c12. The second-order valence-electron chi connectivity index (χ2n) is 11.1. The van der Waals surface area contributed by atoms with Crippen LogP contribution in [0.3, 0.4) is 0 Å². The maximum atomic E-state index is 6.43. The zero-order valence-corrected chi connectivity index (χ0v) is 22.8. The predicted octanol–water partition coefficient (Wildman–Crippen LogP) is 5.52. The number of nitrogens with one attached hydrogen (secondary N) is 1. The van der Waals surface area contributed by atoms with E-state index in [-0.39, 0.29) is 0 Å². The molecule has 204 valence electrons. The average Bonchev–Trinajstić information content (AvgIpc) is 3.64. The Morgan fingerprint density at radius 2 is 1.79 bits per heavy atom. The number of ether oxygens (including phenoxy) is 1. The third kappa shape index (κ3) is 6.10. The summed E-state index contributed by atoms with van der Waals surface area (Å²) in [6.45, 7) is 6.50. The molecule has 0 unspecified atom stereocenters. The van der Waals surface area contributed by atoms with Gasteiger partial charge in [-0.1, -0.05) is 42.5 Å². The zero-order valence-electron chi connectivity index (χ0n) is 22.8. The zero-order chi connectivity index (χ0) is 26.4. The minimum absolute atomic E-state index is 0.423. The molecule has 0 amide bonds. The van der Waals surface area contributed by atoms with E-state index in [0.29, 0.717) is 18.3 Å². The lowest BCUT2D eigenvalue weighted by molar-refractivity contribution is 0.293. The number of hydrogen-bond donors (Lipinski definition) is 2. The molecule has 4 aromatic rings. The minimum Gasteiger partial charge on any atom is -0.489 e. The molecule has 3 heterocycles. The third-order valence-corrected chi connectivity index (χ3v) is 8.41. The van der Waals surface area contributed by atoms with Crippen molar-refractivity contribution in [2.45, 2.75) is 51.0 Å². The third-order valence-electron chi connectivity index (χ3n) is 8.41. The van der Waals surface area contributed by atoms with Crippen LogP contribution in [0.1, 0.15) is 55.8 Å². The Kier molecular flexibility index (Phi) is 8.07. The molecule has 0 bridgehead atoms. The van der Waals surface area contributed by atoms with Crippen LogP contribution in [0.25, 0.3) is 16.8 Å². The number of nitrogens with zero attached hydrogens (tertiary/aromatic N) is 4. The molecule has 1 aliphatic heterocycles. The quantitative estimate of drug-likeness (QED) is 0.266. The molecule has 0 spiro atoms. The predicted molar refractivity (Wildman–Crippen MR) is 157 cm³/mol. The molecule has 2 aromatic heterocycles. The van der Waals surface area contributed by atoms with Gasteiger partial charge in [0.25, 0.3) is 0 Å². The van der Waals surface area contributed by atoms with Gasteiger partial charge in [0, 0.05) is 37.0 Å². The Hall–Kier alpha value is -3.42. The molecule has 2 fully saturated rings. The largest absolute Gasteiger partial charge is 0.489 e. The molecule has 3 N–H and O–H groups in total. The van der Waals surface area contributed by atoms with Gasteiger partial charge in [0.15, 0.2) is 0 Å². The van der Waals surface area contributed by atoms with Crippen LogP contribution in [0.2, 0.25) is 0 Å². The van der Waals surface area contributed by atoms with Crippen LogP contribution in [-0.2, 0) is 6.61 Å². The van der Waals surface area contributed by atoms with E-state index in [4.69, 9.17) is 15.5 Å². The summed E-state index contributed by atoms with van der Waals surface area (Å²) in [5, 5.41) is 3.73. The van der Waals surface area contributed by atoms with Crippen LogP contribution in [0.15, 0.2) is 67.0 Å². The highest BCUT2D eigenvalue weighted by Gasteiger charge is 2.27. The lowest BCUT2D eigenvalue weighted by Crippen LogP contribution is -2.33. The lowest BCUT2D eigenvalue weighted by atomic mass is 9.81. The number of hydrogen-bond acceptors (Lipinski definition) is 6. The number of rotatable bonds is 10. The van der Waals surface area contributed by atoms with E-state index in [1.54, 1.807) is 6.20 Å². The molecular formula is C32H40N6O. The number of likely N-dealkylation sites (tertiary alicyclic amines) is 1. The summed E-state index contributed by atoms with van der Waals surface area (Å²) in [4.78, 5) is 12.2. The number of imidazole rings is 1. The minimum atomic E-state index is 0.423. The lowest BCUT2D eigenvalue weighted by Gasteiger charge is -2.28. The highest BCUT2D eigenvalue weighted by Crippen LogP contribution is 2.38. The summed E-state index contributed by atoms with van der Waals surface area (Å²) < 4.78 is 8.29. The smallest absolute Gasteiger partial charge is 0.150 e. The first-order chi connectivity index (χ1) is 19.2. The summed E-state index contributed by atoms with van der Waals surface area (Å²) >= 11 is 0. The molecule has 2 aliphatic rings. The fraction of sp³-hybridized carbons (Fsp3) is 0.438. The highest BCUT2D eigenvalue weighted by atomic mass is 16.5. The second kappa shape index (κ2) is 12.2. The van der Waals surface area contributed by atoms with E-state index in [0.717, 1.165) is 65.8 Å². The first-order valence-electron chi connectivity index (χ1n) is 14.6. The number of nitrogen functional groups attached to an aromatic ring is 1. The van der Waals surface area contributed by atoms with Crippen molar-refractivity contribution >= 4 is 11.3 Å². The van der Waals surface area contributed by atoms with Crippen molar-refractivity contribution in [3.63, 3.8) is 0 Å². The summed E-state index contributed by atoms with van der Waals surface area (Å²) in [5.74, 6) is 3.60. The van der Waals surface area contributed by atoms with Gasteiger partial charge in [-0.15, -0.1) is 0 Å². The molecule has 1 aliphatic carbocycles. The van der Waals surface area contributed by atoms with E-state index in [9.17, 15) is 0 Å². The van der Waals surface area contributed by atoms with Crippen LogP contribution < -0.4 is 15.8 Å². The Morgan fingerprint density at radius 1 is 0.974 bits per heavy atom. The van der Waals surface area contributed by atoms with Gasteiger partial charge < -0.3 is 20.7 Å². The molecule has 7 nitrogen and oxygen atoms in total. The van der Waals surface area contributed by atoms with E-state index >= 15 is 0 Å². The van der Waals surface area contributed by atoms with Crippen molar-refractivity contribution in [1.29, 1.82) is 0 Å². The van der Waals surface area contributed by atoms with Gasteiger partial charge in [-0.05, 0) is 81.8 Å². The van der Waals surface area contributed by atoms with Crippen molar-refractivity contribution in [1.82, 2.24) is 24.6 Å². The molecule has 2 aromatic carbocycles. The average molecular weight is 525 g/mol. The first kappa shape index (κ1) is 25.8. The fourth-order valence-corrected chi connectivity index (χ4v) is 6.22. The van der Waals surface area contributed by atoms with Crippen LogP contribution in [-0.4, -0.2) is 52.0 Å². The highest BCUT2D eigenvalue weighted by molar-refractivity contribution is 5.85. The maximum Gasteiger partial charge on any atom is 0.150 e. The summed E-state index contributed by atoms with van der Waals surface area (Å²) in [6, 6.07) is 18.4. The van der Waals surface area contributed by atoms with Crippen LogP contribution in [0.4, 0.5) is 5.82 Å². The summed E-state index contributed by atoms with van der Waals surface area (Å²) in [6.07, 6.45) is 11.3. The molecule has 7 heteroatoms. The van der Waals surface area contributed by atoms with Gasteiger partial charge >= 0.3 is 0 Å². The monoisotopic (exact) mass is 524 g/mol. The molecule has 0 radical (unpaired) electrons. The van der Waals surface area contributed by atoms with Gasteiger partial charge in [0.05, 0.1) is 0 Å². The normalized spacial score (nSPS) is 20.0. The molecule has 0 atom stereocenters. The van der Waals surface area contributed by atoms with Crippen molar-refractivity contribution in [3.8, 4) is 17.0 Å². The number of anilines is 1. The van der Waals surface area contributed by atoms with E-state index in [1.165, 1.54) is 45.3 Å². The number of benzene rings is 2. The molecule has 6 rings (SSSR count). The summed E-state index contributed by atoms with van der Waals surface area (Å²) in [5.41, 5.74) is 10.3. The van der Waals surface area contributed by atoms with Gasteiger partial charge in [0.2, 0.25) is 0 Å². The molecular weight excluding hydrogens is 484 g/mol. The first-order valence-corrected chi connectivity index (χ1v) is 14.6. The Labute approximate surface area is 231 Å². The van der Waals surface area contributed by atoms with Crippen molar-refractivity contribution in [2.75, 3.05) is 38.5 Å². The van der Waals surface area contributed by atoms with Crippen molar-refractivity contribution in [3.05, 3.63) is 78.4 Å². The van der Waals surface area contributed by atoms with Gasteiger partial charge in [0.1, 0.15) is 35.2 Å². The van der Waals surface area contributed by atoms with Gasteiger partial charge in [-0.2, -0.15) is 0 Å². The topological polar surface area (TPSA) is 80.7 Å². The standard InChI is InChI=1S/C32H40N6O/c33-31-30-29(27-9-6-10-28(21-27)39-23-25-7-2-1-3-8-25)36-32(38(30)20-16-35-31)26-13-11-24(12-14-26)22-34-15-19-37-17-4-5-18-37/h1-3,6-10,16,20-21,24,26,34H,4-5,11-15,17-19,22-23H2,(H2,33,35).